The predicted molar refractivity (Wildman–Crippen MR) is 108 cm³/mol. The number of nitrogens with zero attached hydrogens (tertiary/aromatic N) is 3. The Morgan fingerprint density at radius 1 is 1.03 bits per heavy atom. The third kappa shape index (κ3) is 3.62. The van der Waals surface area contributed by atoms with Gasteiger partial charge in [0.1, 0.15) is 5.76 Å². The van der Waals surface area contributed by atoms with Crippen LogP contribution in [0, 0.1) is 0 Å². The van der Waals surface area contributed by atoms with Gasteiger partial charge < -0.3 is 10.0 Å². The number of hydrogen-bond acceptors (Lipinski definition) is 5. The summed E-state index contributed by atoms with van der Waals surface area (Å²) in [4.78, 5) is 35.5. The van der Waals surface area contributed by atoms with Crippen LogP contribution in [-0.2, 0) is 16.1 Å². The summed E-state index contributed by atoms with van der Waals surface area (Å²) in [5, 5.41) is 11.4. The van der Waals surface area contributed by atoms with Crippen molar-refractivity contribution >= 4 is 29.1 Å². The van der Waals surface area contributed by atoms with Gasteiger partial charge in [0.15, 0.2) is 0 Å². The van der Waals surface area contributed by atoms with Gasteiger partial charge in [-0.25, -0.2) is 0 Å². The minimum absolute atomic E-state index is 0.0133. The fourth-order valence-electron chi connectivity index (χ4n) is 3.39. The lowest BCUT2D eigenvalue weighted by molar-refractivity contribution is -0.140. The fourth-order valence-corrected chi connectivity index (χ4v) is 3.58. The Balaban J connectivity index is 1.86. The van der Waals surface area contributed by atoms with E-state index in [1.54, 1.807) is 67.1 Å². The zero-order valence-electron chi connectivity index (χ0n) is 15.2. The monoisotopic (exact) mass is 405 g/mol. The third-order valence-corrected chi connectivity index (χ3v) is 4.95. The molecular weight excluding hydrogens is 390 g/mol. The zero-order valence-corrected chi connectivity index (χ0v) is 16.0. The van der Waals surface area contributed by atoms with Crippen molar-refractivity contribution in [3.05, 3.63) is 101 Å². The molecule has 1 aliphatic heterocycles. The first-order valence-corrected chi connectivity index (χ1v) is 9.28. The molecule has 1 N–H and O–H groups in total. The van der Waals surface area contributed by atoms with Crippen LogP contribution in [0.2, 0.25) is 5.02 Å². The molecule has 144 valence electrons. The molecule has 0 bridgehead atoms. The molecule has 2 aromatic heterocycles. The molecule has 3 heterocycles. The van der Waals surface area contributed by atoms with Crippen LogP contribution in [0.4, 0.5) is 0 Å². The van der Waals surface area contributed by atoms with E-state index in [2.05, 4.69) is 9.97 Å². The molecule has 1 aliphatic rings. The van der Waals surface area contributed by atoms with Crippen LogP contribution in [0.25, 0.3) is 5.76 Å². The van der Waals surface area contributed by atoms with E-state index in [1.165, 1.54) is 4.90 Å². The van der Waals surface area contributed by atoms with Crippen LogP contribution in [0.5, 0.6) is 0 Å². The summed E-state index contributed by atoms with van der Waals surface area (Å²) < 4.78 is 0. The number of Topliss-reactive ketones (excluding diaryl/α,β-unsaturated/α-hetero) is 1. The number of aliphatic hydroxyl groups excluding tert-OH is 1. The zero-order chi connectivity index (χ0) is 20.4. The molecule has 29 heavy (non-hydrogen) atoms. The van der Waals surface area contributed by atoms with E-state index >= 15 is 0 Å². The maximum Gasteiger partial charge on any atom is 0.296 e. The van der Waals surface area contributed by atoms with E-state index in [-0.39, 0.29) is 17.9 Å². The van der Waals surface area contributed by atoms with Gasteiger partial charge in [0.05, 0.1) is 23.9 Å². The van der Waals surface area contributed by atoms with Gasteiger partial charge >= 0.3 is 0 Å². The second-order valence-corrected chi connectivity index (χ2v) is 6.98. The number of pyridine rings is 2. The number of aliphatic hydroxyl groups is 1. The van der Waals surface area contributed by atoms with Gasteiger partial charge in [0, 0.05) is 29.2 Å². The topological polar surface area (TPSA) is 83.4 Å². The van der Waals surface area contributed by atoms with Gasteiger partial charge in [0.2, 0.25) is 0 Å². The highest BCUT2D eigenvalue weighted by Crippen LogP contribution is 2.40. The number of rotatable bonds is 4. The molecule has 6 nitrogen and oxygen atoms in total. The minimum atomic E-state index is -0.765. The molecule has 1 unspecified atom stereocenters. The lowest BCUT2D eigenvalue weighted by Crippen LogP contribution is -2.29. The maximum atomic E-state index is 12.9. The third-order valence-electron chi connectivity index (χ3n) is 4.72. The summed E-state index contributed by atoms with van der Waals surface area (Å²) in [6.45, 7) is 0.130. The molecule has 1 fully saturated rings. The molecule has 7 heteroatoms. The first-order valence-electron chi connectivity index (χ1n) is 8.90. The van der Waals surface area contributed by atoms with Gasteiger partial charge in [0.25, 0.3) is 11.7 Å². The summed E-state index contributed by atoms with van der Waals surface area (Å²) in [5.74, 6) is -1.71. The molecule has 3 aromatic rings. The average molecular weight is 406 g/mol. The van der Waals surface area contributed by atoms with Gasteiger partial charge in [-0.05, 0) is 42.0 Å². The Hall–Kier alpha value is -3.51. The first kappa shape index (κ1) is 18.8. The van der Waals surface area contributed by atoms with Crippen molar-refractivity contribution in [2.24, 2.45) is 0 Å². The number of amides is 1. The van der Waals surface area contributed by atoms with E-state index in [1.807, 2.05) is 6.07 Å². The van der Waals surface area contributed by atoms with Crippen LogP contribution in [0.3, 0.4) is 0 Å². The highest BCUT2D eigenvalue weighted by molar-refractivity contribution is 6.46. The summed E-state index contributed by atoms with van der Waals surface area (Å²) in [7, 11) is 0. The smallest absolute Gasteiger partial charge is 0.296 e. The first-order chi connectivity index (χ1) is 14.1. The second kappa shape index (κ2) is 7.85. The molecule has 0 aliphatic carbocycles. The number of likely N-dealkylation sites (tertiary alicyclic amines) is 1. The number of aromatic nitrogens is 2. The van der Waals surface area contributed by atoms with Crippen molar-refractivity contribution in [1.82, 2.24) is 14.9 Å². The molecular formula is C22H16ClN3O3. The quantitative estimate of drug-likeness (QED) is 0.406. The van der Waals surface area contributed by atoms with Gasteiger partial charge in [-0.15, -0.1) is 0 Å². The lowest BCUT2D eigenvalue weighted by atomic mass is 9.96. The average Bonchev–Trinajstić information content (AvgIpc) is 2.99. The van der Waals surface area contributed by atoms with E-state index in [4.69, 9.17) is 11.6 Å². The van der Waals surface area contributed by atoms with Crippen molar-refractivity contribution in [2.45, 2.75) is 12.6 Å². The van der Waals surface area contributed by atoms with E-state index in [0.29, 0.717) is 21.8 Å². The fraction of sp³-hybridized carbons (Fsp3) is 0.0909. The highest BCUT2D eigenvalue weighted by Gasteiger charge is 2.46. The van der Waals surface area contributed by atoms with Gasteiger partial charge in [-0.1, -0.05) is 29.8 Å². The number of carbonyl (C=O) groups excluding carboxylic acids is 2. The molecule has 0 radical (unpaired) electrons. The standard InChI is InChI=1S/C22H16ClN3O3/c23-16-5-3-4-15(12-16)20(27)18-19(14-7-10-24-11-8-14)26(22(29)21(18)28)13-17-6-1-2-9-25-17/h1-12,19,27H,13H2/b20-18-. The molecule has 4 rings (SSSR count). The molecule has 1 atom stereocenters. The number of halogens is 1. The van der Waals surface area contributed by atoms with Crippen molar-refractivity contribution in [3.63, 3.8) is 0 Å². The van der Waals surface area contributed by atoms with Crippen molar-refractivity contribution in [1.29, 1.82) is 0 Å². The summed E-state index contributed by atoms with van der Waals surface area (Å²) in [6, 6.07) is 14.5. The Labute approximate surface area is 172 Å². The van der Waals surface area contributed by atoms with E-state index in [0.717, 1.165) is 0 Å². The summed E-state index contributed by atoms with van der Waals surface area (Å²) in [5.41, 5.74) is 1.68. The summed E-state index contributed by atoms with van der Waals surface area (Å²) in [6.07, 6.45) is 4.78. The highest BCUT2D eigenvalue weighted by atomic mass is 35.5. The van der Waals surface area contributed by atoms with Gasteiger partial charge in [-0.2, -0.15) is 0 Å². The number of benzene rings is 1. The van der Waals surface area contributed by atoms with Crippen LogP contribution in [-0.4, -0.2) is 31.7 Å². The maximum absolute atomic E-state index is 12.9. The Kier molecular flexibility index (Phi) is 5.10. The number of ketones is 1. The lowest BCUT2D eigenvalue weighted by Gasteiger charge is -2.24. The Morgan fingerprint density at radius 3 is 2.52 bits per heavy atom. The van der Waals surface area contributed by atoms with E-state index < -0.39 is 17.7 Å². The molecule has 1 amide bonds. The molecule has 0 spiro atoms. The predicted octanol–water partition coefficient (Wildman–Crippen LogP) is 3.75. The molecule has 1 saturated heterocycles. The summed E-state index contributed by atoms with van der Waals surface area (Å²) >= 11 is 6.04. The van der Waals surface area contributed by atoms with Crippen LogP contribution < -0.4 is 0 Å². The largest absolute Gasteiger partial charge is 0.507 e. The Bertz CT molecular complexity index is 1100. The molecule has 1 aromatic carbocycles. The van der Waals surface area contributed by atoms with Crippen LogP contribution in [0.1, 0.15) is 22.9 Å². The van der Waals surface area contributed by atoms with Crippen LogP contribution >= 0.6 is 11.6 Å². The normalized spacial score (nSPS) is 18.2. The second-order valence-electron chi connectivity index (χ2n) is 6.54. The Morgan fingerprint density at radius 2 is 1.83 bits per heavy atom. The van der Waals surface area contributed by atoms with Crippen molar-refractivity contribution in [3.8, 4) is 0 Å². The molecule has 0 saturated carbocycles. The van der Waals surface area contributed by atoms with Crippen LogP contribution in [0.15, 0.2) is 78.8 Å². The minimum Gasteiger partial charge on any atom is -0.507 e. The SMILES string of the molecule is O=C1C(=O)N(Cc2ccccn2)C(c2ccncc2)/C1=C(/O)c1cccc(Cl)c1. The van der Waals surface area contributed by atoms with Crippen molar-refractivity contribution in [2.75, 3.05) is 0 Å². The van der Waals surface area contributed by atoms with Gasteiger partial charge in [-0.3, -0.25) is 19.6 Å². The number of hydrogen-bond donors (Lipinski definition) is 1. The van der Waals surface area contributed by atoms with E-state index in [9.17, 15) is 14.7 Å². The number of carbonyl (C=O) groups is 2. The van der Waals surface area contributed by atoms with Crippen molar-refractivity contribution < 1.29 is 14.7 Å².